The molecule has 2 heterocycles. The molecule has 7 heteroatoms. The van der Waals surface area contributed by atoms with Gasteiger partial charge in [-0.3, -0.25) is 9.79 Å². The fourth-order valence-electron chi connectivity index (χ4n) is 2.78. The van der Waals surface area contributed by atoms with Gasteiger partial charge in [0.05, 0.1) is 18.0 Å². The molecule has 6 nitrogen and oxygen atoms in total. The number of carbonyl (C=O) groups is 1. The molecule has 23 heavy (non-hydrogen) atoms. The number of likely N-dealkylation sites (tertiary alicyclic amines) is 1. The van der Waals surface area contributed by atoms with Crippen LogP contribution in [0.5, 0.6) is 0 Å². The molecule has 2 rings (SSSR count). The van der Waals surface area contributed by atoms with Gasteiger partial charge in [-0.05, 0) is 26.2 Å². The predicted molar refractivity (Wildman–Crippen MR) is 92.8 cm³/mol. The maximum Gasteiger partial charge on any atom is 0.308 e. The standard InChI is InChI=1S/C16H26N4O2S/c1-12-11-23-14(19-12)5-4-8-18-16(17-2)20-9-6-13(7-10-20)15(21)22-3/h11,13H,4-10H2,1-3H3,(H,17,18). The molecular formula is C16H26N4O2S. The zero-order valence-corrected chi connectivity index (χ0v) is 15.0. The Morgan fingerprint density at radius 1 is 1.52 bits per heavy atom. The lowest BCUT2D eigenvalue weighted by atomic mass is 9.97. The Kier molecular flexibility index (Phi) is 6.83. The molecule has 0 aliphatic carbocycles. The van der Waals surface area contributed by atoms with E-state index in [0.29, 0.717) is 0 Å². The van der Waals surface area contributed by atoms with Crippen molar-refractivity contribution in [2.45, 2.75) is 32.6 Å². The highest BCUT2D eigenvalue weighted by Gasteiger charge is 2.26. The number of carbonyl (C=O) groups excluding carboxylic acids is 1. The first-order valence-electron chi connectivity index (χ1n) is 8.08. The summed E-state index contributed by atoms with van der Waals surface area (Å²) in [6.45, 7) is 4.58. The maximum absolute atomic E-state index is 11.6. The number of ether oxygens (including phenoxy) is 1. The van der Waals surface area contributed by atoms with Gasteiger partial charge in [-0.2, -0.15) is 0 Å². The summed E-state index contributed by atoms with van der Waals surface area (Å²) >= 11 is 1.72. The second-order valence-electron chi connectivity index (χ2n) is 5.74. The normalized spacial score (nSPS) is 16.5. The Bertz CT molecular complexity index is 536. The number of esters is 1. The van der Waals surface area contributed by atoms with E-state index in [1.165, 1.54) is 12.1 Å². The van der Waals surface area contributed by atoms with Crippen LogP contribution in [0, 0.1) is 12.8 Å². The molecule has 1 fully saturated rings. The van der Waals surface area contributed by atoms with Crippen LogP contribution in [0.1, 0.15) is 30.0 Å². The quantitative estimate of drug-likeness (QED) is 0.384. The Morgan fingerprint density at radius 3 is 2.83 bits per heavy atom. The van der Waals surface area contributed by atoms with Crippen LogP contribution in [0.15, 0.2) is 10.4 Å². The molecule has 1 saturated heterocycles. The lowest BCUT2D eigenvalue weighted by molar-refractivity contribution is -0.146. The van der Waals surface area contributed by atoms with Gasteiger partial charge in [-0.15, -0.1) is 11.3 Å². The van der Waals surface area contributed by atoms with E-state index in [0.717, 1.165) is 57.0 Å². The van der Waals surface area contributed by atoms with Crippen molar-refractivity contribution in [3.63, 3.8) is 0 Å². The number of aryl methyl sites for hydroxylation is 2. The number of aromatic nitrogens is 1. The highest BCUT2D eigenvalue weighted by Crippen LogP contribution is 2.18. The zero-order chi connectivity index (χ0) is 16.7. The second kappa shape index (κ2) is 8.86. The van der Waals surface area contributed by atoms with Gasteiger partial charge in [0.15, 0.2) is 5.96 Å². The number of methoxy groups -OCH3 is 1. The van der Waals surface area contributed by atoms with Crippen LogP contribution in [0.25, 0.3) is 0 Å². The van der Waals surface area contributed by atoms with Crippen molar-refractivity contribution in [1.82, 2.24) is 15.2 Å². The van der Waals surface area contributed by atoms with E-state index >= 15 is 0 Å². The third kappa shape index (κ3) is 5.20. The van der Waals surface area contributed by atoms with Crippen molar-refractivity contribution in [1.29, 1.82) is 0 Å². The molecule has 128 valence electrons. The lowest BCUT2D eigenvalue weighted by Gasteiger charge is -2.33. The Morgan fingerprint density at radius 2 is 2.26 bits per heavy atom. The van der Waals surface area contributed by atoms with Gasteiger partial charge >= 0.3 is 5.97 Å². The lowest BCUT2D eigenvalue weighted by Crippen LogP contribution is -2.46. The average Bonchev–Trinajstić information content (AvgIpc) is 3.00. The third-order valence-corrected chi connectivity index (χ3v) is 5.08. The number of rotatable bonds is 5. The number of thiazole rings is 1. The number of nitrogens with zero attached hydrogens (tertiary/aromatic N) is 3. The minimum Gasteiger partial charge on any atom is -0.469 e. The van der Waals surface area contributed by atoms with E-state index in [1.807, 2.05) is 6.92 Å². The first kappa shape index (κ1) is 17.7. The van der Waals surface area contributed by atoms with Crippen LogP contribution in [0.2, 0.25) is 0 Å². The van der Waals surface area contributed by atoms with Crippen molar-refractivity contribution in [2.75, 3.05) is 33.8 Å². The van der Waals surface area contributed by atoms with Gasteiger partial charge in [0.25, 0.3) is 0 Å². The highest BCUT2D eigenvalue weighted by molar-refractivity contribution is 7.09. The Labute approximate surface area is 142 Å². The van der Waals surface area contributed by atoms with E-state index < -0.39 is 0 Å². The molecule has 0 aromatic carbocycles. The van der Waals surface area contributed by atoms with Gasteiger partial charge in [0.2, 0.25) is 0 Å². The molecule has 1 aliphatic rings. The molecule has 0 bridgehead atoms. The van der Waals surface area contributed by atoms with Crippen molar-refractivity contribution in [2.24, 2.45) is 10.9 Å². The molecular weight excluding hydrogens is 312 g/mol. The third-order valence-electron chi connectivity index (χ3n) is 4.06. The molecule has 1 aromatic rings. The SMILES string of the molecule is CN=C(NCCCc1nc(C)cs1)N1CCC(C(=O)OC)CC1. The summed E-state index contributed by atoms with van der Waals surface area (Å²) in [6.07, 6.45) is 3.68. The van der Waals surface area contributed by atoms with E-state index in [9.17, 15) is 4.79 Å². The average molecular weight is 338 g/mol. The summed E-state index contributed by atoms with van der Waals surface area (Å²) in [4.78, 5) is 22.6. The number of hydrogen-bond donors (Lipinski definition) is 1. The number of aliphatic imine (C=N–C) groups is 1. The molecule has 0 amide bonds. The van der Waals surface area contributed by atoms with Crippen molar-refractivity contribution < 1.29 is 9.53 Å². The molecule has 1 aromatic heterocycles. The smallest absolute Gasteiger partial charge is 0.308 e. The van der Waals surface area contributed by atoms with Crippen molar-refractivity contribution in [3.8, 4) is 0 Å². The van der Waals surface area contributed by atoms with Crippen LogP contribution < -0.4 is 5.32 Å². The molecule has 1 aliphatic heterocycles. The number of hydrogen-bond acceptors (Lipinski definition) is 5. The van der Waals surface area contributed by atoms with E-state index in [-0.39, 0.29) is 11.9 Å². The summed E-state index contributed by atoms with van der Waals surface area (Å²) < 4.78 is 4.83. The summed E-state index contributed by atoms with van der Waals surface area (Å²) in [5.74, 6) is 0.859. The van der Waals surface area contributed by atoms with Crippen LogP contribution in [-0.2, 0) is 16.0 Å². The van der Waals surface area contributed by atoms with Crippen LogP contribution in [0.3, 0.4) is 0 Å². The van der Waals surface area contributed by atoms with Crippen LogP contribution in [-0.4, -0.2) is 55.6 Å². The first-order chi connectivity index (χ1) is 11.1. The van der Waals surface area contributed by atoms with Gasteiger partial charge < -0.3 is 15.0 Å². The Hall–Kier alpha value is -1.63. The zero-order valence-electron chi connectivity index (χ0n) is 14.2. The highest BCUT2D eigenvalue weighted by atomic mass is 32.1. The topological polar surface area (TPSA) is 66.8 Å². The van der Waals surface area contributed by atoms with Crippen molar-refractivity contribution >= 4 is 23.3 Å². The monoisotopic (exact) mass is 338 g/mol. The number of piperidine rings is 1. The van der Waals surface area contributed by atoms with Gasteiger partial charge in [-0.25, -0.2) is 4.98 Å². The van der Waals surface area contributed by atoms with Crippen LogP contribution >= 0.6 is 11.3 Å². The Balaban J connectivity index is 1.70. The first-order valence-corrected chi connectivity index (χ1v) is 8.96. The van der Waals surface area contributed by atoms with Crippen LogP contribution in [0.4, 0.5) is 0 Å². The molecule has 0 unspecified atom stereocenters. The maximum atomic E-state index is 11.6. The fourth-order valence-corrected chi connectivity index (χ4v) is 3.60. The molecule has 0 atom stereocenters. The summed E-state index contributed by atoms with van der Waals surface area (Å²) in [7, 11) is 3.26. The van der Waals surface area contributed by atoms with Gasteiger partial charge in [0.1, 0.15) is 0 Å². The minimum absolute atomic E-state index is 0.0301. The number of nitrogens with one attached hydrogen (secondary N) is 1. The summed E-state index contributed by atoms with van der Waals surface area (Å²) in [5, 5.41) is 6.69. The second-order valence-corrected chi connectivity index (χ2v) is 6.69. The van der Waals surface area contributed by atoms with E-state index in [1.54, 1.807) is 18.4 Å². The molecule has 0 saturated carbocycles. The molecule has 1 N–H and O–H groups in total. The van der Waals surface area contributed by atoms with E-state index in [4.69, 9.17) is 4.74 Å². The summed E-state index contributed by atoms with van der Waals surface area (Å²) in [6, 6.07) is 0. The number of guanidine groups is 1. The molecule has 0 spiro atoms. The summed E-state index contributed by atoms with van der Waals surface area (Å²) in [5.41, 5.74) is 1.10. The van der Waals surface area contributed by atoms with Gasteiger partial charge in [-0.1, -0.05) is 0 Å². The fraction of sp³-hybridized carbons (Fsp3) is 0.688. The minimum atomic E-state index is -0.0914. The van der Waals surface area contributed by atoms with Gasteiger partial charge in [0, 0.05) is 44.2 Å². The van der Waals surface area contributed by atoms with Crippen molar-refractivity contribution in [3.05, 3.63) is 16.1 Å². The predicted octanol–water partition coefficient (Wildman–Crippen LogP) is 1.84. The largest absolute Gasteiger partial charge is 0.469 e. The molecule has 0 radical (unpaired) electrons. The van der Waals surface area contributed by atoms with E-state index in [2.05, 4.69) is 25.6 Å².